The summed E-state index contributed by atoms with van der Waals surface area (Å²) in [6, 6.07) is 1.84. The van der Waals surface area contributed by atoms with Crippen LogP contribution in [-0.2, 0) is 4.74 Å². The van der Waals surface area contributed by atoms with Gasteiger partial charge in [0.2, 0.25) is 0 Å². The molecule has 0 aliphatic heterocycles. The molecule has 2 heterocycles. The molecule has 0 aliphatic carbocycles. The van der Waals surface area contributed by atoms with E-state index in [1.54, 1.807) is 19.5 Å². The fourth-order valence-corrected chi connectivity index (χ4v) is 2.65. The Morgan fingerprint density at radius 2 is 2.35 bits per heavy atom. The molecule has 17 heavy (non-hydrogen) atoms. The monoisotopic (exact) mass is 251 g/mol. The Labute approximate surface area is 103 Å². The summed E-state index contributed by atoms with van der Waals surface area (Å²) in [6.07, 6.45) is 3.22. The van der Waals surface area contributed by atoms with Gasteiger partial charge in [-0.05, 0) is 25.5 Å². The molecule has 0 radical (unpaired) electrons. The average molecular weight is 251 g/mol. The van der Waals surface area contributed by atoms with Crippen LogP contribution in [0.15, 0.2) is 23.0 Å². The zero-order valence-corrected chi connectivity index (χ0v) is 10.5. The van der Waals surface area contributed by atoms with Crippen molar-refractivity contribution in [2.24, 2.45) is 0 Å². The fourth-order valence-electron chi connectivity index (χ4n) is 1.54. The van der Waals surface area contributed by atoms with Crippen molar-refractivity contribution >= 4 is 23.0 Å². The van der Waals surface area contributed by atoms with Crippen molar-refractivity contribution in [2.75, 3.05) is 12.3 Å². The van der Waals surface area contributed by atoms with Gasteiger partial charge in [0, 0.05) is 10.4 Å². The number of nitrogens with two attached hydrogens (primary N) is 1. The first-order chi connectivity index (χ1) is 8.15. The van der Waals surface area contributed by atoms with Gasteiger partial charge in [0.05, 0.1) is 24.8 Å². The van der Waals surface area contributed by atoms with E-state index in [1.165, 1.54) is 11.3 Å². The number of nitrogen functional groups attached to an aromatic ring is 1. The SMILES string of the molecule is CCOC(=O)c1sc(-c2ccoc2)c(C)c1N. The van der Waals surface area contributed by atoms with Gasteiger partial charge >= 0.3 is 5.97 Å². The highest BCUT2D eigenvalue weighted by Gasteiger charge is 2.20. The van der Waals surface area contributed by atoms with Crippen molar-refractivity contribution in [3.8, 4) is 10.4 Å². The maximum Gasteiger partial charge on any atom is 0.350 e. The van der Waals surface area contributed by atoms with Crippen molar-refractivity contribution in [1.29, 1.82) is 0 Å². The number of anilines is 1. The lowest BCUT2D eigenvalue weighted by atomic mass is 10.1. The second-order valence-corrected chi connectivity index (χ2v) is 4.55. The number of thiophene rings is 1. The minimum Gasteiger partial charge on any atom is -0.472 e. The van der Waals surface area contributed by atoms with Crippen LogP contribution >= 0.6 is 11.3 Å². The van der Waals surface area contributed by atoms with Gasteiger partial charge in [-0.3, -0.25) is 0 Å². The number of hydrogen-bond acceptors (Lipinski definition) is 5. The maximum absolute atomic E-state index is 11.7. The third kappa shape index (κ3) is 2.06. The van der Waals surface area contributed by atoms with Crippen LogP contribution < -0.4 is 5.73 Å². The number of rotatable bonds is 3. The first-order valence-corrected chi connectivity index (χ1v) is 6.05. The van der Waals surface area contributed by atoms with Gasteiger partial charge in [0.25, 0.3) is 0 Å². The van der Waals surface area contributed by atoms with E-state index in [-0.39, 0.29) is 5.97 Å². The number of hydrogen-bond donors (Lipinski definition) is 1. The predicted molar refractivity (Wildman–Crippen MR) is 67.1 cm³/mol. The predicted octanol–water partition coefficient (Wildman–Crippen LogP) is 3.08. The van der Waals surface area contributed by atoms with Crippen molar-refractivity contribution in [1.82, 2.24) is 0 Å². The van der Waals surface area contributed by atoms with Crippen LogP contribution in [0, 0.1) is 6.92 Å². The molecule has 0 amide bonds. The summed E-state index contributed by atoms with van der Waals surface area (Å²) in [4.78, 5) is 13.1. The Hall–Kier alpha value is -1.75. The number of esters is 1. The lowest BCUT2D eigenvalue weighted by Gasteiger charge is -1.99. The summed E-state index contributed by atoms with van der Waals surface area (Å²) in [5.74, 6) is -0.368. The van der Waals surface area contributed by atoms with E-state index in [1.807, 2.05) is 13.0 Å². The Morgan fingerprint density at radius 3 is 2.94 bits per heavy atom. The maximum atomic E-state index is 11.7. The molecule has 4 nitrogen and oxygen atoms in total. The second kappa shape index (κ2) is 4.63. The van der Waals surface area contributed by atoms with E-state index >= 15 is 0 Å². The molecule has 0 saturated heterocycles. The summed E-state index contributed by atoms with van der Waals surface area (Å²) in [6.45, 7) is 4.00. The summed E-state index contributed by atoms with van der Waals surface area (Å²) in [7, 11) is 0. The summed E-state index contributed by atoms with van der Waals surface area (Å²) < 4.78 is 9.99. The van der Waals surface area contributed by atoms with E-state index in [4.69, 9.17) is 14.9 Å². The van der Waals surface area contributed by atoms with Gasteiger partial charge in [-0.2, -0.15) is 0 Å². The second-order valence-electron chi connectivity index (χ2n) is 3.53. The molecule has 2 rings (SSSR count). The van der Waals surface area contributed by atoms with E-state index in [0.29, 0.717) is 17.2 Å². The smallest absolute Gasteiger partial charge is 0.350 e. The van der Waals surface area contributed by atoms with Gasteiger partial charge < -0.3 is 14.9 Å². The highest BCUT2D eigenvalue weighted by Crippen LogP contribution is 2.38. The molecule has 0 atom stereocenters. The summed E-state index contributed by atoms with van der Waals surface area (Å²) in [5, 5.41) is 0. The van der Waals surface area contributed by atoms with Crippen LogP contribution in [0.5, 0.6) is 0 Å². The van der Waals surface area contributed by atoms with Crippen LogP contribution in [0.25, 0.3) is 10.4 Å². The van der Waals surface area contributed by atoms with Gasteiger partial charge in [-0.1, -0.05) is 0 Å². The van der Waals surface area contributed by atoms with Crippen LogP contribution in [0.4, 0.5) is 5.69 Å². The summed E-state index contributed by atoms with van der Waals surface area (Å²) >= 11 is 1.33. The molecule has 0 bridgehead atoms. The molecule has 0 saturated carbocycles. The molecular weight excluding hydrogens is 238 g/mol. The lowest BCUT2D eigenvalue weighted by molar-refractivity contribution is 0.0533. The first kappa shape index (κ1) is 11.7. The molecule has 2 aromatic rings. The zero-order valence-electron chi connectivity index (χ0n) is 9.65. The van der Waals surface area contributed by atoms with Gasteiger partial charge in [-0.15, -0.1) is 11.3 Å². The third-order valence-corrected chi connectivity index (χ3v) is 3.77. The van der Waals surface area contributed by atoms with Crippen LogP contribution in [0.1, 0.15) is 22.2 Å². The molecule has 90 valence electrons. The molecule has 0 spiro atoms. The minimum absolute atomic E-state index is 0.344. The van der Waals surface area contributed by atoms with E-state index in [9.17, 15) is 4.79 Å². The number of ether oxygens (including phenoxy) is 1. The van der Waals surface area contributed by atoms with Crippen molar-refractivity contribution in [3.63, 3.8) is 0 Å². The molecule has 2 aromatic heterocycles. The van der Waals surface area contributed by atoms with Gasteiger partial charge in [0.1, 0.15) is 4.88 Å². The highest BCUT2D eigenvalue weighted by molar-refractivity contribution is 7.18. The Balaban J connectivity index is 2.44. The molecular formula is C12H13NO3S. The molecule has 0 unspecified atom stereocenters. The van der Waals surface area contributed by atoms with E-state index in [2.05, 4.69) is 0 Å². The lowest BCUT2D eigenvalue weighted by Crippen LogP contribution is -2.05. The summed E-state index contributed by atoms with van der Waals surface area (Å²) in [5.41, 5.74) is 8.22. The van der Waals surface area contributed by atoms with Crippen molar-refractivity contribution in [3.05, 3.63) is 29.0 Å². The molecule has 5 heteroatoms. The molecule has 0 fully saturated rings. The van der Waals surface area contributed by atoms with E-state index < -0.39 is 0 Å². The largest absolute Gasteiger partial charge is 0.472 e. The standard InChI is InChI=1S/C12H13NO3S/c1-3-16-12(14)11-9(13)7(2)10(17-11)8-4-5-15-6-8/h4-6H,3,13H2,1-2H3. The zero-order chi connectivity index (χ0) is 12.4. The van der Waals surface area contributed by atoms with Crippen LogP contribution in [0.2, 0.25) is 0 Å². The van der Waals surface area contributed by atoms with Gasteiger partial charge in [0.15, 0.2) is 0 Å². The topological polar surface area (TPSA) is 65.5 Å². The van der Waals surface area contributed by atoms with Crippen molar-refractivity contribution < 1.29 is 13.9 Å². The first-order valence-electron chi connectivity index (χ1n) is 5.23. The molecule has 0 aromatic carbocycles. The van der Waals surface area contributed by atoms with Crippen LogP contribution in [0.3, 0.4) is 0 Å². The fraction of sp³-hybridized carbons (Fsp3) is 0.250. The highest BCUT2D eigenvalue weighted by atomic mass is 32.1. The Morgan fingerprint density at radius 1 is 1.59 bits per heavy atom. The normalized spacial score (nSPS) is 10.5. The Kier molecular flexibility index (Phi) is 3.19. The van der Waals surface area contributed by atoms with Crippen molar-refractivity contribution in [2.45, 2.75) is 13.8 Å². The number of carbonyl (C=O) groups excluding carboxylic acids is 1. The third-order valence-electron chi connectivity index (χ3n) is 2.44. The van der Waals surface area contributed by atoms with Crippen LogP contribution in [-0.4, -0.2) is 12.6 Å². The quantitative estimate of drug-likeness (QED) is 0.851. The van der Waals surface area contributed by atoms with E-state index in [0.717, 1.165) is 16.0 Å². The molecule has 0 aliphatic rings. The number of furan rings is 1. The van der Waals surface area contributed by atoms with Gasteiger partial charge in [-0.25, -0.2) is 4.79 Å². The minimum atomic E-state index is -0.368. The Bertz CT molecular complexity index is 528. The molecule has 2 N–H and O–H groups in total. The average Bonchev–Trinajstić information content (AvgIpc) is 2.90. The number of carbonyl (C=O) groups is 1.